The topological polar surface area (TPSA) is 80.3 Å². The highest BCUT2D eigenvalue weighted by Gasteiger charge is 2.43. The van der Waals surface area contributed by atoms with Gasteiger partial charge in [0, 0.05) is 6.08 Å². The molecule has 1 rings (SSSR count). The lowest BCUT2D eigenvalue weighted by atomic mass is 10.2. The number of carbonyl (C=O) groups excluding carboxylic acids is 1. The van der Waals surface area contributed by atoms with Crippen molar-refractivity contribution in [2.45, 2.75) is 34.6 Å². The molecule has 0 spiro atoms. The third-order valence-corrected chi connectivity index (χ3v) is 4.67. The molecule has 1 aromatic rings. The monoisotopic (exact) mass is 399 g/mol. The molecule has 1 aromatic carbocycles. The van der Waals surface area contributed by atoms with E-state index in [1.165, 1.54) is 0 Å². The largest absolute Gasteiger partial charge is 0.487 e. The van der Waals surface area contributed by atoms with Crippen LogP contribution in [0.1, 0.15) is 34.6 Å². The number of rotatable bonds is 13. The van der Waals surface area contributed by atoms with Crippen LogP contribution in [0.3, 0.4) is 0 Å². The molecule has 0 fully saturated rings. The summed E-state index contributed by atoms with van der Waals surface area (Å²) in [5.74, 6) is 1.09. The van der Waals surface area contributed by atoms with E-state index >= 15 is 0 Å². The number of allylic oxidation sites excluding steroid dienone is 1. The fourth-order valence-corrected chi connectivity index (χ4v) is 3.48. The summed E-state index contributed by atoms with van der Waals surface area (Å²) in [6, 6.07) is 0. The van der Waals surface area contributed by atoms with Gasteiger partial charge >= 0.3 is 13.3 Å². The summed E-state index contributed by atoms with van der Waals surface area (Å²) in [4.78, 5) is 12.1. The van der Waals surface area contributed by atoms with Gasteiger partial charge in [-0.3, -0.25) is 0 Å². The van der Waals surface area contributed by atoms with Crippen LogP contribution < -0.4 is 29.0 Å². The Morgan fingerprint density at radius 2 is 1.04 bits per heavy atom. The average molecular weight is 399 g/mol. The molecular weight excluding hydrogens is 371 g/mol. The minimum Gasteiger partial charge on any atom is -0.487 e. The maximum Gasteiger partial charge on any atom is 0.466 e. The van der Waals surface area contributed by atoms with E-state index in [4.69, 9.17) is 23.7 Å². The predicted molar refractivity (Wildman–Crippen MR) is 105 cm³/mol. The smallest absolute Gasteiger partial charge is 0.466 e. The standard InChI is InChI=1S/C19H28O7P/c1-7-13(20)27(21)19-17(25-11-5)15(23-9-3)14(22-8-2)16(24-10-4)18(19)26-12-6/h7H,1,8-12H2,2-6H3/q+1. The van der Waals surface area contributed by atoms with E-state index < -0.39 is 13.3 Å². The van der Waals surface area contributed by atoms with Gasteiger partial charge in [0.05, 0.1) is 33.0 Å². The zero-order valence-electron chi connectivity index (χ0n) is 16.6. The summed E-state index contributed by atoms with van der Waals surface area (Å²) in [6.07, 6.45) is 1.02. The first kappa shape index (κ1) is 22.8. The van der Waals surface area contributed by atoms with Gasteiger partial charge in [-0.2, -0.15) is 0 Å². The minimum absolute atomic E-state index is 0.0916. The van der Waals surface area contributed by atoms with Crippen LogP contribution in [0.4, 0.5) is 0 Å². The molecule has 0 bridgehead atoms. The molecule has 0 aromatic heterocycles. The lowest BCUT2D eigenvalue weighted by Gasteiger charge is -2.21. The zero-order chi connectivity index (χ0) is 20.4. The SMILES string of the molecule is C=CC(=O)[P+](=O)c1c(OCC)c(OCC)c(OCC)c(OCC)c1OCC. The van der Waals surface area contributed by atoms with Gasteiger partial charge in [-0.05, 0) is 34.6 Å². The molecule has 0 heterocycles. The van der Waals surface area contributed by atoms with Gasteiger partial charge in [0.2, 0.25) is 28.7 Å². The normalized spacial score (nSPS) is 10.8. The highest BCUT2D eigenvalue weighted by molar-refractivity contribution is 7.71. The van der Waals surface area contributed by atoms with Crippen molar-refractivity contribution in [1.82, 2.24) is 0 Å². The lowest BCUT2D eigenvalue weighted by Crippen LogP contribution is -2.17. The van der Waals surface area contributed by atoms with Crippen molar-refractivity contribution in [3.63, 3.8) is 0 Å². The van der Waals surface area contributed by atoms with E-state index in [2.05, 4.69) is 6.58 Å². The quantitative estimate of drug-likeness (QED) is 0.368. The van der Waals surface area contributed by atoms with Gasteiger partial charge in [-0.25, -0.2) is 4.79 Å². The Balaban J connectivity index is 4.00. The first-order valence-electron chi connectivity index (χ1n) is 9.03. The summed E-state index contributed by atoms with van der Waals surface area (Å²) in [7, 11) is -2.55. The van der Waals surface area contributed by atoms with Crippen LogP contribution in [0.5, 0.6) is 28.7 Å². The summed E-state index contributed by atoms with van der Waals surface area (Å²) >= 11 is 0. The Morgan fingerprint density at radius 1 is 0.741 bits per heavy atom. The fourth-order valence-electron chi connectivity index (χ4n) is 2.39. The number of hydrogen-bond donors (Lipinski definition) is 0. The summed E-state index contributed by atoms with van der Waals surface area (Å²) in [6.45, 7) is 13.9. The van der Waals surface area contributed by atoms with Gasteiger partial charge in [-0.1, -0.05) is 11.1 Å². The van der Waals surface area contributed by atoms with E-state index in [0.29, 0.717) is 25.6 Å². The van der Waals surface area contributed by atoms with E-state index in [1.54, 1.807) is 27.7 Å². The van der Waals surface area contributed by atoms with E-state index in [0.717, 1.165) is 6.08 Å². The Kier molecular flexibility index (Phi) is 9.65. The van der Waals surface area contributed by atoms with Crippen LogP contribution in [0.2, 0.25) is 0 Å². The maximum absolute atomic E-state index is 13.0. The van der Waals surface area contributed by atoms with Gasteiger partial charge < -0.3 is 23.7 Å². The second-order valence-electron chi connectivity index (χ2n) is 5.00. The molecule has 0 saturated carbocycles. The van der Waals surface area contributed by atoms with Crippen LogP contribution in [0.25, 0.3) is 0 Å². The first-order valence-corrected chi connectivity index (χ1v) is 10.3. The Morgan fingerprint density at radius 3 is 1.33 bits per heavy atom. The average Bonchev–Trinajstić information content (AvgIpc) is 2.66. The number of benzene rings is 1. The fraction of sp³-hybridized carbons (Fsp3) is 0.526. The molecule has 0 aliphatic rings. The van der Waals surface area contributed by atoms with Crippen molar-refractivity contribution in [3.05, 3.63) is 12.7 Å². The molecule has 0 N–H and O–H groups in total. The van der Waals surface area contributed by atoms with Crippen molar-refractivity contribution in [2.24, 2.45) is 0 Å². The van der Waals surface area contributed by atoms with Crippen molar-refractivity contribution in [1.29, 1.82) is 0 Å². The molecule has 150 valence electrons. The highest BCUT2D eigenvalue weighted by atomic mass is 31.1. The zero-order valence-corrected chi connectivity index (χ0v) is 17.5. The van der Waals surface area contributed by atoms with Crippen molar-refractivity contribution in [3.8, 4) is 28.7 Å². The molecule has 0 amide bonds. The Labute approximate surface area is 161 Å². The third-order valence-electron chi connectivity index (χ3n) is 3.28. The molecule has 1 atom stereocenters. The minimum atomic E-state index is -2.55. The molecule has 27 heavy (non-hydrogen) atoms. The second kappa shape index (κ2) is 11.4. The summed E-state index contributed by atoms with van der Waals surface area (Å²) in [5, 5.41) is 0.0916. The maximum atomic E-state index is 13.0. The molecule has 0 saturated heterocycles. The number of ether oxygens (including phenoxy) is 5. The Hall–Kier alpha value is -2.27. The summed E-state index contributed by atoms with van der Waals surface area (Å²) in [5.41, 5.74) is -0.638. The van der Waals surface area contributed by atoms with Crippen LogP contribution in [-0.2, 0) is 9.36 Å². The van der Waals surface area contributed by atoms with Crippen molar-refractivity contribution < 1.29 is 33.0 Å². The van der Waals surface area contributed by atoms with E-state index in [-0.39, 0.29) is 41.5 Å². The van der Waals surface area contributed by atoms with E-state index in [1.807, 2.05) is 6.92 Å². The lowest BCUT2D eigenvalue weighted by molar-refractivity contribution is -0.107. The predicted octanol–water partition coefficient (Wildman–Crippen LogP) is 3.85. The molecule has 8 heteroatoms. The van der Waals surface area contributed by atoms with Gasteiger partial charge in [0.1, 0.15) is 0 Å². The van der Waals surface area contributed by atoms with Crippen LogP contribution >= 0.6 is 7.80 Å². The van der Waals surface area contributed by atoms with Crippen LogP contribution in [0, 0.1) is 0 Å². The molecule has 0 radical (unpaired) electrons. The third kappa shape index (κ3) is 5.13. The molecule has 0 aliphatic carbocycles. The highest BCUT2D eigenvalue weighted by Crippen LogP contribution is 2.53. The van der Waals surface area contributed by atoms with Crippen molar-refractivity contribution >= 4 is 18.6 Å². The van der Waals surface area contributed by atoms with Gasteiger partial charge in [0.25, 0.3) is 5.30 Å². The Bertz CT molecular complexity index is 648. The summed E-state index contributed by atoms with van der Waals surface area (Å²) < 4.78 is 41.7. The molecular formula is C19H28O7P+. The molecule has 0 aliphatic heterocycles. The van der Waals surface area contributed by atoms with Crippen molar-refractivity contribution in [2.75, 3.05) is 33.0 Å². The van der Waals surface area contributed by atoms with Crippen LogP contribution in [-0.4, -0.2) is 38.6 Å². The first-order chi connectivity index (χ1) is 13.0. The van der Waals surface area contributed by atoms with E-state index in [9.17, 15) is 9.36 Å². The number of hydrogen-bond acceptors (Lipinski definition) is 7. The number of carbonyl (C=O) groups is 1. The van der Waals surface area contributed by atoms with Gasteiger partial charge in [0.15, 0.2) is 0 Å². The molecule has 7 nitrogen and oxygen atoms in total. The van der Waals surface area contributed by atoms with Gasteiger partial charge in [-0.15, -0.1) is 0 Å². The molecule has 1 unspecified atom stereocenters. The van der Waals surface area contributed by atoms with Crippen LogP contribution in [0.15, 0.2) is 12.7 Å². The second-order valence-corrected chi connectivity index (χ2v) is 6.47.